The highest BCUT2D eigenvalue weighted by molar-refractivity contribution is 7.92. The van der Waals surface area contributed by atoms with E-state index < -0.39 is 20.0 Å². The monoisotopic (exact) mass is 357 g/mol. The zero-order valence-electron chi connectivity index (χ0n) is 12.8. The van der Waals surface area contributed by atoms with Crippen LogP contribution in [0.4, 0.5) is 5.69 Å². The van der Waals surface area contributed by atoms with E-state index in [2.05, 4.69) is 0 Å². The Morgan fingerprint density at radius 1 is 1.26 bits per heavy atom. The van der Waals surface area contributed by atoms with Crippen LogP contribution < -0.4 is 4.31 Å². The predicted molar refractivity (Wildman–Crippen MR) is 86.9 cm³/mol. The molecule has 1 aliphatic heterocycles. The van der Waals surface area contributed by atoms with Crippen LogP contribution in [0.25, 0.3) is 0 Å². The number of rotatable bonds is 5. The van der Waals surface area contributed by atoms with Crippen LogP contribution in [0.5, 0.6) is 0 Å². The molecule has 0 amide bonds. The van der Waals surface area contributed by atoms with E-state index in [1.54, 1.807) is 0 Å². The summed E-state index contributed by atoms with van der Waals surface area (Å²) >= 11 is 0. The third-order valence-corrected chi connectivity index (χ3v) is 7.46. The van der Waals surface area contributed by atoms with Gasteiger partial charge >= 0.3 is 0 Å². The van der Waals surface area contributed by atoms with Crippen molar-refractivity contribution in [3.8, 4) is 6.07 Å². The standard InChI is InChI=1S/C14H19N3O4S2/c1-16(10-4-9-15)23(20,21)14-7-5-13(6-8-14)17-11-2-3-12-22(17,18)19/h5-8H,2-4,10-12H2,1H3. The highest BCUT2D eigenvalue weighted by atomic mass is 32.2. The largest absolute Gasteiger partial charge is 0.270 e. The summed E-state index contributed by atoms with van der Waals surface area (Å²) in [6.07, 6.45) is 1.55. The second-order valence-corrected chi connectivity index (χ2v) is 9.38. The second-order valence-electron chi connectivity index (χ2n) is 5.32. The van der Waals surface area contributed by atoms with Gasteiger partial charge in [0.1, 0.15) is 0 Å². The fourth-order valence-electron chi connectivity index (χ4n) is 2.37. The molecule has 2 rings (SSSR count). The van der Waals surface area contributed by atoms with Crippen molar-refractivity contribution in [3.05, 3.63) is 24.3 Å². The molecule has 0 unspecified atom stereocenters. The van der Waals surface area contributed by atoms with Crippen molar-refractivity contribution in [1.29, 1.82) is 5.26 Å². The summed E-state index contributed by atoms with van der Waals surface area (Å²) in [5.41, 5.74) is 0.475. The maximum atomic E-state index is 12.3. The highest BCUT2D eigenvalue weighted by Crippen LogP contribution is 2.25. The first-order chi connectivity index (χ1) is 10.8. The van der Waals surface area contributed by atoms with Gasteiger partial charge in [-0.3, -0.25) is 4.31 Å². The van der Waals surface area contributed by atoms with E-state index in [1.165, 1.54) is 35.6 Å². The van der Waals surface area contributed by atoms with Crippen LogP contribution >= 0.6 is 0 Å². The topological polar surface area (TPSA) is 98.5 Å². The lowest BCUT2D eigenvalue weighted by atomic mass is 10.3. The summed E-state index contributed by atoms with van der Waals surface area (Å²) in [5, 5.41) is 8.55. The van der Waals surface area contributed by atoms with Crippen molar-refractivity contribution in [2.24, 2.45) is 0 Å². The summed E-state index contributed by atoms with van der Waals surface area (Å²) in [7, 11) is -5.58. The number of anilines is 1. The lowest BCUT2D eigenvalue weighted by Crippen LogP contribution is -2.37. The molecule has 0 N–H and O–H groups in total. The third kappa shape index (κ3) is 3.83. The van der Waals surface area contributed by atoms with Crippen LogP contribution in [0.1, 0.15) is 19.3 Å². The van der Waals surface area contributed by atoms with E-state index in [0.29, 0.717) is 18.7 Å². The molecule has 1 aromatic carbocycles. The molecule has 1 saturated heterocycles. The molecule has 0 aliphatic carbocycles. The molecule has 0 bridgehead atoms. The number of nitriles is 1. The maximum Gasteiger partial charge on any atom is 0.242 e. The SMILES string of the molecule is CN(CCC#N)S(=O)(=O)c1ccc(N2CCCCS2(=O)=O)cc1. The molecule has 0 spiro atoms. The smallest absolute Gasteiger partial charge is 0.242 e. The van der Waals surface area contributed by atoms with Crippen molar-refractivity contribution >= 4 is 25.7 Å². The molecule has 1 fully saturated rings. The predicted octanol–water partition coefficient (Wildman–Crippen LogP) is 1.15. The van der Waals surface area contributed by atoms with Crippen LogP contribution in [-0.2, 0) is 20.0 Å². The van der Waals surface area contributed by atoms with Crippen molar-refractivity contribution in [3.63, 3.8) is 0 Å². The second kappa shape index (κ2) is 6.86. The van der Waals surface area contributed by atoms with Gasteiger partial charge in [-0.05, 0) is 37.1 Å². The van der Waals surface area contributed by atoms with Crippen LogP contribution in [0.2, 0.25) is 0 Å². The maximum absolute atomic E-state index is 12.3. The Bertz CT molecular complexity index is 795. The summed E-state index contributed by atoms with van der Waals surface area (Å²) in [6.45, 7) is 0.525. The van der Waals surface area contributed by atoms with Gasteiger partial charge in [-0.1, -0.05) is 0 Å². The zero-order chi connectivity index (χ0) is 17.1. The molecule has 1 aliphatic rings. The first-order valence-electron chi connectivity index (χ1n) is 7.23. The molecule has 1 aromatic rings. The number of hydrogen-bond acceptors (Lipinski definition) is 5. The van der Waals surface area contributed by atoms with Gasteiger partial charge in [-0.2, -0.15) is 9.57 Å². The zero-order valence-corrected chi connectivity index (χ0v) is 14.5. The summed E-state index contributed by atoms with van der Waals surface area (Å²) in [4.78, 5) is 0.0797. The van der Waals surface area contributed by atoms with Crippen molar-refractivity contribution in [2.75, 3.05) is 30.2 Å². The van der Waals surface area contributed by atoms with Crippen molar-refractivity contribution < 1.29 is 16.8 Å². The van der Waals surface area contributed by atoms with Gasteiger partial charge in [0.2, 0.25) is 20.0 Å². The van der Waals surface area contributed by atoms with Crippen molar-refractivity contribution in [2.45, 2.75) is 24.2 Å². The summed E-state index contributed by atoms with van der Waals surface area (Å²) in [5.74, 6) is 0.115. The highest BCUT2D eigenvalue weighted by Gasteiger charge is 2.27. The van der Waals surface area contributed by atoms with E-state index in [1.807, 2.05) is 6.07 Å². The molecule has 0 saturated carbocycles. The number of benzene rings is 1. The Kier molecular flexibility index (Phi) is 5.29. The Morgan fingerprint density at radius 3 is 2.48 bits per heavy atom. The first kappa shape index (κ1) is 17.7. The number of sulfonamides is 2. The van der Waals surface area contributed by atoms with Gasteiger partial charge < -0.3 is 0 Å². The fraction of sp³-hybridized carbons (Fsp3) is 0.500. The molecular weight excluding hydrogens is 338 g/mol. The molecule has 0 atom stereocenters. The van der Waals surface area contributed by atoms with Gasteiger partial charge in [0.25, 0.3) is 0 Å². The molecule has 7 nitrogen and oxygen atoms in total. The van der Waals surface area contributed by atoms with Crippen LogP contribution in [0, 0.1) is 11.3 Å². The van der Waals surface area contributed by atoms with Gasteiger partial charge in [-0.15, -0.1) is 0 Å². The van der Waals surface area contributed by atoms with Gasteiger partial charge in [0, 0.05) is 26.6 Å². The Morgan fingerprint density at radius 2 is 1.91 bits per heavy atom. The minimum absolute atomic E-state index is 0.0797. The fourth-order valence-corrected chi connectivity index (χ4v) is 5.18. The lowest BCUT2D eigenvalue weighted by molar-refractivity contribution is 0.476. The third-order valence-electron chi connectivity index (χ3n) is 3.72. The molecular formula is C14H19N3O4S2. The molecule has 0 aromatic heterocycles. The Balaban J connectivity index is 2.24. The summed E-state index contributed by atoms with van der Waals surface area (Å²) < 4.78 is 51.2. The van der Waals surface area contributed by atoms with E-state index >= 15 is 0 Å². The Hall–Kier alpha value is -1.63. The van der Waals surface area contributed by atoms with E-state index in [0.717, 1.165) is 10.7 Å². The van der Waals surface area contributed by atoms with E-state index in [9.17, 15) is 16.8 Å². The van der Waals surface area contributed by atoms with E-state index in [4.69, 9.17) is 5.26 Å². The molecule has 23 heavy (non-hydrogen) atoms. The van der Waals surface area contributed by atoms with Gasteiger partial charge in [0.05, 0.1) is 22.4 Å². The summed E-state index contributed by atoms with van der Waals surface area (Å²) in [6, 6.07) is 7.72. The normalized spacial score (nSPS) is 17.9. The minimum atomic E-state index is -3.67. The minimum Gasteiger partial charge on any atom is -0.270 e. The van der Waals surface area contributed by atoms with Gasteiger partial charge in [-0.25, -0.2) is 16.8 Å². The molecule has 9 heteroatoms. The number of nitrogens with zero attached hydrogens (tertiary/aromatic N) is 3. The lowest BCUT2D eigenvalue weighted by Gasteiger charge is -2.28. The van der Waals surface area contributed by atoms with E-state index in [-0.39, 0.29) is 23.6 Å². The van der Waals surface area contributed by atoms with Crippen LogP contribution in [-0.4, -0.2) is 47.0 Å². The quantitative estimate of drug-likeness (QED) is 0.787. The Labute approximate surface area is 137 Å². The first-order valence-corrected chi connectivity index (χ1v) is 10.3. The van der Waals surface area contributed by atoms with Crippen molar-refractivity contribution in [1.82, 2.24) is 4.31 Å². The number of hydrogen-bond donors (Lipinski definition) is 0. The molecule has 1 heterocycles. The molecule has 0 radical (unpaired) electrons. The van der Waals surface area contributed by atoms with Gasteiger partial charge in [0.15, 0.2) is 0 Å². The average molecular weight is 357 g/mol. The van der Waals surface area contributed by atoms with Crippen LogP contribution in [0.3, 0.4) is 0 Å². The molecule has 126 valence electrons. The van der Waals surface area contributed by atoms with Crippen LogP contribution in [0.15, 0.2) is 29.2 Å². The average Bonchev–Trinajstić information content (AvgIpc) is 2.52.